The van der Waals surface area contributed by atoms with Gasteiger partial charge in [-0.05, 0) is 12.8 Å². The van der Waals surface area contributed by atoms with Crippen LogP contribution >= 0.6 is 0 Å². The van der Waals surface area contributed by atoms with Crippen LogP contribution in [0.15, 0.2) is 10.3 Å². The molecule has 0 bridgehead atoms. The molecule has 0 aromatic heterocycles. The molecule has 0 saturated carbocycles. The van der Waals surface area contributed by atoms with Crippen molar-refractivity contribution in [2.45, 2.75) is 26.7 Å². The zero-order chi connectivity index (χ0) is 11.5. The molecular weight excluding hydrogens is 196 g/mol. The summed E-state index contributed by atoms with van der Waals surface area (Å²) in [5, 5.41) is 15.7. The summed E-state index contributed by atoms with van der Waals surface area (Å²) in [6.45, 7) is 4.77. The summed E-state index contributed by atoms with van der Waals surface area (Å²) in [5.74, 6) is -0.0675. The van der Waals surface area contributed by atoms with Crippen molar-refractivity contribution >= 4 is 11.5 Å². The molecule has 0 aliphatic rings. The normalized spacial score (nSPS) is 12.1. The molecule has 0 atom stereocenters. The maximum Gasteiger partial charge on any atom is 0.224 e. The van der Waals surface area contributed by atoms with Crippen LogP contribution in [0.25, 0.3) is 0 Å². The van der Waals surface area contributed by atoms with E-state index in [1.165, 1.54) is 0 Å². The smallest absolute Gasteiger partial charge is 0.224 e. The fraction of sp³-hybridized carbons (Fsp3) is 0.667. The summed E-state index contributed by atoms with van der Waals surface area (Å²) < 4.78 is 0. The van der Waals surface area contributed by atoms with E-state index in [1.54, 1.807) is 6.07 Å². The lowest BCUT2D eigenvalue weighted by atomic mass is 10.4. The van der Waals surface area contributed by atoms with Crippen molar-refractivity contribution in [3.63, 3.8) is 0 Å². The first-order chi connectivity index (χ1) is 7.26. The SMILES string of the molecule is CCCON=C(N)C(C#N)=NOCCC. The average Bonchev–Trinajstić information content (AvgIpc) is 2.24. The Morgan fingerprint density at radius 3 is 2.20 bits per heavy atom. The summed E-state index contributed by atoms with van der Waals surface area (Å²) in [4.78, 5) is 9.62. The molecule has 0 heterocycles. The molecule has 2 N–H and O–H groups in total. The van der Waals surface area contributed by atoms with Gasteiger partial charge in [-0.2, -0.15) is 5.26 Å². The highest BCUT2D eigenvalue weighted by atomic mass is 16.6. The molecule has 0 amide bonds. The maximum absolute atomic E-state index is 8.68. The Kier molecular flexibility index (Phi) is 7.77. The summed E-state index contributed by atoms with van der Waals surface area (Å²) in [5.41, 5.74) is 5.37. The fourth-order valence-corrected chi connectivity index (χ4v) is 0.576. The third-order valence-corrected chi connectivity index (χ3v) is 1.26. The standard InChI is InChI=1S/C9H16N4O2/c1-3-5-14-12-8(7-10)9(11)13-15-6-4-2/h3-6H2,1-2H3,(H2,11,13). The van der Waals surface area contributed by atoms with Gasteiger partial charge < -0.3 is 15.4 Å². The van der Waals surface area contributed by atoms with Gasteiger partial charge in [0.25, 0.3) is 0 Å². The molecule has 0 aliphatic carbocycles. The Morgan fingerprint density at radius 2 is 1.73 bits per heavy atom. The Balaban J connectivity index is 4.21. The molecular formula is C9H16N4O2. The van der Waals surface area contributed by atoms with Crippen LogP contribution in [0.3, 0.4) is 0 Å². The third-order valence-electron chi connectivity index (χ3n) is 1.26. The van der Waals surface area contributed by atoms with Gasteiger partial charge in [0.05, 0.1) is 0 Å². The Morgan fingerprint density at radius 1 is 1.20 bits per heavy atom. The van der Waals surface area contributed by atoms with Crippen LogP contribution in [0.2, 0.25) is 0 Å². The van der Waals surface area contributed by atoms with Gasteiger partial charge in [0.2, 0.25) is 11.5 Å². The van der Waals surface area contributed by atoms with Gasteiger partial charge in [0, 0.05) is 0 Å². The average molecular weight is 212 g/mol. The van der Waals surface area contributed by atoms with Crippen molar-refractivity contribution in [3.05, 3.63) is 0 Å². The van der Waals surface area contributed by atoms with Gasteiger partial charge in [-0.25, -0.2) is 0 Å². The Hall–Kier alpha value is -1.77. The summed E-state index contributed by atoms with van der Waals surface area (Å²) in [6, 6.07) is 1.78. The minimum absolute atomic E-state index is 0.0675. The number of nitrogens with zero attached hydrogens (tertiary/aromatic N) is 3. The highest BCUT2D eigenvalue weighted by Gasteiger charge is 2.05. The number of nitriles is 1. The lowest BCUT2D eigenvalue weighted by molar-refractivity contribution is 0.142. The van der Waals surface area contributed by atoms with Crippen molar-refractivity contribution in [1.82, 2.24) is 0 Å². The van der Waals surface area contributed by atoms with Crippen LogP contribution in [0.5, 0.6) is 0 Å². The summed E-state index contributed by atoms with van der Waals surface area (Å²) in [6.07, 6.45) is 1.63. The molecule has 0 unspecified atom stereocenters. The minimum Gasteiger partial charge on any atom is -0.395 e. The molecule has 0 saturated heterocycles. The number of oxime groups is 2. The summed E-state index contributed by atoms with van der Waals surface area (Å²) >= 11 is 0. The van der Waals surface area contributed by atoms with Crippen LogP contribution in [0.1, 0.15) is 26.7 Å². The fourth-order valence-electron chi connectivity index (χ4n) is 0.576. The van der Waals surface area contributed by atoms with Crippen molar-refractivity contribution in [2.24, 2.45) is 16.0 Å². The molecule has 0 aromatic carbocycles. The lowest BCUT2D eigenvalue weighted by Crippen LogP contribution is -2.23. The van der Waals surface area contributed by atoms with E-state index in [1.807, 2.05) is 13.8 Å². The van der Waals surface area contributed by atoms with Gasteiger partial charge in [0.15, 0.2) is 0 Å². The van der Waals surface area contributed by atoms with E-state index < -0.39 is 0 Å². The molecule has 6 heteroatoms. The zero-order valence-electron chi connectivity index (χ0n) is 9.06. The van der Waals surface area contributed by atoms with Gasteiger partial charge in [-0.1, -0.05) is 24.2 Å². The van der Waals surface area contributed by atoms with E-state index in [9.17, 15) is 0 Å². The van der Waals surface area contributed by atoms with E-state index in [-0.39, 0.29) is 11.5 Å². The van der Waals surface area contributed by atoms with Crippen LogP contribution in [-0.4, -0.2) is 24.8 Å². The first-order valence-corrected chi connectivity index (χ1v) is 4.82. The molecule has 0 fully saturated rings. The monoisotopic (exact) mass is 212 g/mol. The van der Waals surface area contributed by atoms with Gasteiger partial charge >= 0.3 is 0 Å². The number of nitrogens with two attached hydrogens (primary N) is 1. The second-order valence-electron chi connectivity index (χ2n) is 2.69. The van der Waals surface area contributed by atoms with E-state index >= 15 is 0 Å². The first-order valence-electron chi connectivity index (χ1n) is 4.82. The van der Waals surface area contributed by atoms with Gasteiger partial charge in [0.1, 0.15) is 19.3 Å². The van der Waals surface area contributed by atoms with E-state index in [0.29, 0.717) is 13.2 Å². The minimum atomic E-state index is -0.0699. The molecule has 6 nitrogen and oxygen atoms in total. The molecule has 0 rings (SSSR count). The van der Waals surface area contributed by atoms with Crippen LogP contribution in [0, 0.1) is 11.3 Å². The van der Waals surface area contributed by atoms with Crippen molar-refractivity contribution < 1.29 is 9.68 Å². The molecule has 0 spiro atoms. The van der Waals surface area contributed by atoms with Crippen molar-refractivity contribution in [1.29, 1.82) is 5.26 Å². The number of hydrogen-bond acceptors (Lipinski definition) is 5. The first kappa shape index (κ1) is 13.2. The predicted molar refractivity (Wildman–Crippen MR) is 57.2 cm³/mol. The predicted octanol–water partition coefficient (Wildman–Crippen LogP) is 0.991. The van der Waals surface area contributed by atoms with Crippen molar-refractivity contribution in [3.8, 4) is 6.07 Å². The van der Waals surface area contributed by atoms with Gasteiger partial charge in [-0.3, -0.25) is 0 Å². The second kappa shape index (κ2) is 8.81. The summed E-state index contributed by atoms with van der Waals surface area (Å²) in [7, 11) is 0. The highest BCUT2D eigenvalue weighted by Crippen LogP contribution is 1.87. The lowest BCUT2D eigenvalue weighted by Gasteiger charge is -1.99. The quantitative estimate of drug-likeness (QED) is 0.295. The van der Waals surface area contributed by atoms with Crippen LogP contribution in [0.4, 0.5) is 0 Å². The molecule has 84 valence electrons. The number of hydrogen-bond donors (Lipinski definition) is 1. The Labute approximate surface area is 89.3 Å². The highest BCUT2D eigenvalue weighted by molar-refractivity contribution is 6.46. The van der Waals surface area contributed by atoms with Crippen molar-refractivity contribution in [2.75, 3.05) is 13.2 Å². The molecule has 15 heavy (non-hydrogen) atoms. The second-order valence-corrected chi connectivity index (χ2v) is 2.69. The number of amidine groups is 1. The van der Waals surface area contributed by atoms with E-state index in [2.05, 4.69) is 10.3 Å². The van der Waals surface area contributed by atoms with E-state index in [0.717, 1.165) is 12.8 Å². The largest absolute Gasteiger partial charge is 0.395 e. The van der Waals surface area contributed by atoms with Crippen LogP contribution < -0.4 is 5.73 Å². The third kappa shape index (κ3) is 6.32. The van der Waals surface area contributed by atoms with Gasteiger partial charge in [-0.15, -0.1) is 0 Å². The molecule has 0 aliphatic heterocycles. The maximum atomic E-state index is 8.68. The van der Waals surface area contributed by atoms with Crippen LogP contribution in [-0.2, 0) is 9.68 Å². The number of rotatable bonds is 7. The topological polar surface area (TPSA) is 93.0 Å². The molecule has 0 radical (unpaired) electrons. The zero-order valence-corrected chi connectivity index (χ0v) is 9.06. The Bertz CT molecular complexity index is 268. The molecule has 0 aromatic rings. The van der Waals surface area contributed by atoms with E-state index in [4.69, 9.17) is 20.7 Å².